The monoisotopic (exact) mass is 201 g/mol. The Labute approximate surface area is 87.9 Å². The zero-order chi connectivity index (χ0) is 10.7. The van der Waals surface area contributed by atoms with Crippen LogP contribution in [-0.4, -0.2) is 17.6 Å². The molecule has 3 heteroatoms. The van der Waals surface area contributed by atoms with Crippen LogP contribution in [0.1, 0.15) is 10.5 Å². The molecule has 0 aliphatic rings. The van der Waals surface area contributed by atoms with Crippen LogP contribution < -0.4 is 0 Å². The first-order valence-corrected chi connectivity index (χ1v) is 4.64. The van der Waals surface area contributed by atoms with E-state index in [2.05, 4.69) is 0 Å². The van der Waals surface area contributed by atoms with Gasteiger partial charge >= 0.3 is 5.97 Å². The summed E-state index contributed by atoms with van der Waals surface area (Å²) in [7, 11) is 1.38. The predicted molar refractivity (Wildman–Crippen MR) is 57.1 cm³/mol. The molecule has 0 amide bonds. The molecule has 0 unspecified atom stereocenters. The first-order valence-electron chi connectivity index (χ1n) is 4.64. The number of hydrogen-bond acceptors (Lipinski definition) is 2. The summed E-state index contributed by atoms with van der Waals surface area (Å²) in [4.78, 5) is 11.4. The Morgan fingerprint density at radius 3 is 2.53 bits per heavy atom. The van der Waals surface area contributed by atoms with Gasteiger partial charge in [-0.2, -0.15) is 0 Å². The molecule has 2 aromatic rings. The van der Waals surface area contributed by atoms with Crippen molar-refractivity contribution < 1.29 is 9.53 Å². The van der Waals surface area contributed by atoms with Crippen LogP contribution >= 0.6 is 0 Å². The van der Waals surface area contributed by atoms with Gasteiger partial charge in [0.2, 0.25) is 0 Å². The summed E-state index contributed by atoms with van der Waals surface area (Å²) in [6.07, 6.45) is 1.83. The molecule has 0 saturated heterocycles. The van der Waals surface area contributed by atoms with Gasteiger partial charge in [0, 0.05) is 11.9 Å². The molecule has 3 nitrogen and oxygen atoms in total. The van der Waals surface area contributed by atoms with Gasteiger partial charge in [-0.3, -0.25) is 0 Å². The van der Waals surface area contributed by atoms with E-state index in [-0.39, 0.29) is 5.97 Å². The normalized spacial score (nSPS) is 9.93. The van der Waals surface area contributed by atoms with E-state index in [4.69, 9.17) is 4.74 Å². The van der Waals surface area contributed by atoms with E-state index in [0.29, 0.717) is 5.69 Å². The largest absolute Gasteiger partial charge is 0.464 e. The Morgan fingerprint density at radius 1 is 1.13 bits per heavy atom. The van der Waals surface area contributed by atoms with Crippen LogP contribution in [0.4, 0.5) is 0 Å². The molecule has 0 radical (unpaired) electrons. The van der Waals surface area contributed by atoms with Gasteiger partial charge in [0.05, 0.1) is 7.11 Å². The van der Waals surface area contributed by atoms with Gasteiger partial charge in [0.25, 0.3) is 0 Å². The van der Waals surface area contributed by atoms with Crippen molar-refractivity contribution in [2.75, 3.05) is 7.11 Å². The Bertz CT molecular complexity index is 459. The highest BCUT2D eigenvalue weighted by molar-refractivity contribution is 5.88. The quantitative estimate of drug-likeness (QED) is 0.698. The zero-order valence-corrected chi connectivity index (χ0v) is 8.38. The second kappa shape index (κ2) is 4.00. The highest BCUT2D eigenvalue weighted by Crippen LogP contribution is 2.12. The fraction of sp³-hybridized carbons (Fsp3) is 0.0833. The number of ether oxygens (including phenoxy) is 1. The second-order valence-electron chi connectivity index (χ2n) is 3.09. The molecule has 0 atom stereocenters. The van der Waals surface area contributed by atoms with Gasteiger partial charge in [-0.05, 0) is 24.3 Å². The van der Waals surface area contributed by atoms with Crippen molar-refractivity contribution >= 4 is 5.97 Å². The lowest BCUT2D eigenvalue weighted by Crippen LogP contribution is -2.08. The van der Waals surface area contributed by atoms with Crippen LogP contribution in [0, 0.1) is 0 Å². The van der Waals surface area contributed by atoms with Crippen molar-refractivity contribution in [3.8, 4) is 5.69 Å². The van der Waals surface area contributed by atoms with Gasteiger partial charge < -0.3 is 9.30 Å². The number of rotatable bonds is 2. The summed E-state index contributed by atoms with van der Waals surface area (Å²) in [6, 6.07) is 13.2. The molecule has 1 aromatic heterocycles. The lowest BCUT2D eigenvalue weighted by Gasteiger charge is -2.06. The standard InChI is InChI=1S/C12H11NO2/c1-15-12(14)11-8-5-9-13(11)10-6-3-2-4-7-10/h2-9H,1H3. The highest BCUT2D eigenvalue weighted by Gasteiger charge is 2.11. The highest BCUT2D eigenvalue weighted by atomic mass is 16.5. The smallest absolute Gasteiger partial charge is 0.355 e. The van der Waals surface area contributed by atoms with Crippen molar-refractivity contribution in [2.24, 2.45) is 0 Å². The molecule has 0 saturated carbocycles. The molecule has 2 rings (SSSR count). The number of benzene rings is 1. The van der Waals surface area contributed by atoms with E-state index < -0.39 is 0 Å². The molecule has 0 spiro atoms. The van der Waals surface area contributed by atoms with Crippen molar-refractivity contribution in [1.82, 2.24) is 4.57 Å². The molecule has 15 heavy (non-hydrogen) atoms. The molecule has 0 aliphatic carbocycles. The summed E-state index contributed by atoms with van der Waals surface area (Å²) < 4.78 is 6.49. The molecule has 0 aliphatic heterocycles. The van der Waals surface area contributed by atoms with Gasteiger partial charge in [0.1, 0.15) is 5.69 Å². The van der Waals surface area contributed by atoms with E-state index in [1.807, 2.05) is 42.6 Å². The first-order chi connectivity index (χ1) is 7.33. The van der Waals surface area contributed by atoms with Crippen molar-refractivity contribution in [3.63, 3.8) is 0 Å². The Morgan fingerprint density at radius 2 is 1.87 bits per heavy atom. The van der Waals surface area contributed by atoms with Crippen molar-refractivity contribution in [3.05, 3.63) is 54.4 Å². The van der Waals surface area contributed by atoms with Crippen LogP contribution in [0.3, 0.4) is 0 Å². The van der Waals surface area contributed by atoms with E-state index in [1.165, 1.54) is 7.11 Å². The maximum Gasteiger partial charge on any atom is 0.355 e. The van der Waals surface area contributed by atoms with E-state index >= 15 is 0 Å². The zero-order valence-electron chi connectivity index (χ0n) is 8.38. The maximum atomic E-state index is 11.4. The van der Waals surface area contributed by atoms with Crippen LogP contribution in [0.2, 0.25) is 0 Å². The average Bonchev–Trinajstić information content (AvgIpc) is 2.78. The van der Waals surface area contributed by atoms with Gasteiger partial charge in [-0.25, -0.2) is 4.79 Å². The number of para-hydroxylation sites is 1. The van der Waals surface area contributed by atoms with E-state index in [9.17, 15) is 4.79 Å². The molecule has 0 fully saturated rings. The molecule has 1 aromatic carbocycles. The van der Waals surface area contributed by atoms with Crippen LogP contribution in [0.25, 0.3) is 5.69 Å². The Hall–Kier alpha value is -2.03. The minimum atomic E-state index is -0.330. The number of carbonyl (C=O) groups is 1. The summed E-state index contributed by atoms with van der Waals surface area (Å²) in [5.74, 6) is -0.330. The van der Waals surface area contributed by atoms with E-state index in [0.717, 1.165) is 5.69 Å². The van der Waals surface area contributed by atoms with Crippen molar-refractivity contribution in [2.45, 2.75) is 0 Å². The minimum Gasteiger partial charge on any atom is -0.464 e. The third kappa shape index (κ3) is 1.76. The Kier molecular flexibility index (Phi) is 2.54. The fourth-order valence-corrected chi connectivity index (χ4v) is 1.47. The van der Waals surface area contributed by atoms with Gasteiger partial charge in [-0.15, -0.1) is 0 Å². The number of aromatic nitrogens is 1. The Balaban J connectivity index is 2.46. The molecule has 76 valence electrons. The third-order valence-corrected chi connectivity index (χ3v) is 2.18. The molecule has 1 heterocycles. The number of esters is 1. The number of methoxy groups -OCH3 is 1. The molecule has 0 N–H and O–H groups in total. The predicted octanol–water partition coefficient (Wildman–Crippen LogP) is 2.26. The van der Waals surface area contributed by atoms with Gasteiger partial charge in [-0.1, -0.05) is 18.2 Å². The second-order valence-corrected chi connectivity index (χ2v) is 3.09. The first kappa shape index (κ1) is 9.52. The van der Waals surface area contributed by atoms with Gasteiger partial charge in [0.15, 0.2) is 0 Å². The number of carbonyl (C=O) groups excluding carboxylic acids is 1. The molecular formula is C12H11NO2. The van der Waals surface area contributed by atoms with Crippen molar-refractivity contribution in [1.29, 1.82) is 0 Å². The van der Waals surface area contributed by atoms with Crippen LogP contribution in [-0.2, 0) is 4.74 Å². The van der Waals surface area contributed by atoms with E-state index in [1.54, 1.807) is 10.6 Å². The lowest BCUT2D eigenvalue weighted by atomic mass is 10.3. The minimum absolute atomic E-state index is 0.330. The average molecular weight is 201 g/mol. The third-order valence-electron chi connectivity index (χ3n) is 2.18. The topological polar surface area (TPSA) is 31.2 Å². The molecular weight excluding hydrogens is 190 g/mol. The van der Waals surface area contributed by atoms with Crippen LogP contribution in [0.15, 0.2) is 48.7 Å². The fourth-order valence-electron chi connectivity index (χ4n) is 1.47. The summed E-state index contributed by atoms with van der Waals surface area (Å²) in [6.45, 7) is 0. The van der Waals surface area contributed by atoms with Crippen LogP contribution in [0.5, 0.6) is 0 Å². The SMILES string of the molecule is COC(=O)c1cccn1-c1ccccc1. The maximum absolute atomic E-state index is 11.4. The summed E-state index contributed by atoms with van der Waals surface area (Å²) >= 11 is 0. The molecule has 0 bridgehead atoms. The lowest BCUT2D eigenvalue weighted by molar-refractivity contribution is 0.0591. The summed E-state index contributed by atoms with van der Waals surface area (Å²) in [5, 5.41) is 0. The summed E-state index contributed by atoms with van der Waals surface area (Å²) in [5.41, 5.74) is 1.48. The number of hydrogen-bond donors (Lipinski definition) is 0. The number of nitrogens with zero attached hydrogens (tertiary/aromatic N) is 1.